The molecule has 0 spiro atoms. The Morgan fingerprint density at radius 3 is 2.62 bits per heavy atom. The average Bonchev–Trinajstić information content (AvgIpc) is 3.48. The zero-order valence-corrected chi connectivity index (χ0v) is 17.7. The number of hydrogen-bond donors (Lipinski definition) is 1. The maximum absolute atomic E-state index is 12.5. The lowest BCUT2D eigenvalue weighted by Crippen LogP contribution is -2.29. The number of nitriles is 1. The first kappa shape index (κ1) is 21.2. The van der Waals surface area contributed by atoms with Gasteiger partial charge in [-0.25, -0.2) is 0 Å². The number of anilines is 2. The number of non-ortho nitro benzene ring substituents is 1. The van der Waals surface area contributed by atoms with E-state index in [0.29, 0.717) is 22.2 Å². The second kappa shape index (κ2) is 9.40. The van der Waals surface area contributed by atoms with E-state index in [-0.39, 0.29) is 11.3 Å². The van der Waals surface area contributed by atoms with Crippen LogP contribution in [-0.4, -0.2) is 34.1 Å². The highest BCUT2D eigenvalue weighted by atomic mass is 32.1. The van der Waals surface area contributed by atoms with Crippen LogP contribution in [0.25, 0.3) is 17.4 Å². The van der Waals surface area contributed by atoms with Crippen LogP contribution in [0.15, 0.2) is 46.4 Å². The lowest BCUT2D eigenvalue weighted by Gasteiger charge is -2.25. The predicted octanol–water partition coefficient (Wildman–Crippen LogP) is 4.24. The molecule has 0 aliphatic carbocycles. The van der Waals surface area contributed by atoms with E-state index in [9.17, 15) is 20.2 Å². The number of nitro benzene ring substituents is 1. The van der Waals surface area contributed by atoms with E-state index >= 15 is 0 Å². The number of carbonyl (C=O) groups is 1. The van der Waals surface area contributed by atoms with Crippen LogP contribution >= 0.6 is 11.3 Å². The van der Waals surface area contributed by atoms with Gasteiger partial charge < -0.3 is 9.32 Å². The SMILES string of the molecule is N#C/C(=C/c1ccc(-c2ccc([N+](=O)[O-])cc2)o1)C(=O)Nc1nnc(N2CCCCC2)s1. The number of nitro groups is 1. The average molecular weight is 450 g/mol. The summed E-state index contributed by atoms with van der Waals surface area (Å²) in [6, 6.07) is 11.0. The van der Waals surface area contributed by atoms with Crippen LogP contribution in [0.5, 0.6) is 0 Å². The highest BCUT2D eigenvalue weighted by molar-refractivity contribution is 7.19. The molecule has 1 fully saturated rings. The topological polar surface area (TPSA) is 138 Å². The van der Waals surface area contributed by atoms with Crippen molar-refractivity contribution in [2.75, 3.05) is 23.3 Å². The van der Waals surface area contributed by atoms with E-state index < -0.39 is 10.8 Å². The zero-order valence-electron chi connectivity index (χ0n) is 16.9. The summed E-state index contributed by atoms with van der Waals surface area (Å²) in [6.07, 6.45) is 4.74. The summed E-state index contributed by atoms with van der Waals surface area (Å²) in [7, 11) is 0. The van der Waals surface area contributed by atoms with Gasteiger partial charge >= 0.3 is 0 Å². The summed E-state index contributed by atoms with van der Waals surface area (Å²) >= 11 is 1.27. The smallest absolute Gasteiger partial charge is 0.269 e. The summed E-state index contributed by atoms with van der Waals surface area (Å²) < 4.78 is 5.68. The van der Waals surface area contributed by atoms with Gasteiger partial charge in [0.15, 0.2) is 0 Å². The molecule has 1 aliphatic rings. The Morgan fingerprint density at radius 1 is 1.19 bits per heavy atom. The molecule has 2 aromatic heterocycles. The molecule has 1 aliphatic heterocycles. The first-order chi connectivity index (χ1) is 15.5. The second-order valence-corrected chi connectivity index (χ2v) is 8.02. The molecule has 3 heterocycles. The Kier molecular flexibility index (Phi) is 6.23. The van der Waals surface area contributed by atoms with Gasteiger partial charge in [0.1, 0.15) is 23.2 Å². The van der Waals surface area contributed by atoms with Crippen LogP contribution in [0.2, 0.25) is 0 Å². The molecule has 0 bridgehead atoms. The van der Waals surface area contributed by atoms with Gasteiger partial charge in [0.25, 0.3) is 11.6 Å². The number of hydrogen-bond acceptors (Lipinski definition) is 9. The highest BCUT2D eigenvalue weighted by Gasteiger charge is 2.18. The molecular weight excluding hydrogens is 432 g/mol. The van der Waals surface area contributed by atoms with Crippen molar-refractivity contribution in [1.82, 2.24) is 10.2 Å². The fraction of sp³-hybridized carbons (Fsp3) is 0.238. The van der Waals surface area contributed by atoms with Gasteiger partial charge in [-0.1, -0.05) is 11.3 Å². The van der Waals surface area contributed by atoms with Gasteiger partial charge in [0.05, 0.1) is 4.92 Å². The van der Waals surface area contributed by atoms with E-state index in [2.05, 4.69) is 20.4 Å². The molecule has 1 N–H and O–H groups in total. The third-order valence-electron chi connectivity index (χ3n) is 4.90. The molecule has 162 valence electrons. The molecule has 3 aromatic rings. The van der Waals surface area contributed by atoms with Crippen molar-refractivity contribution >= 4 is 39.3 Å². The summed E-state index contributed by atoms with van der Waals surface area (Å²) in [5.74, 6) is 0.151. The molecule has 0 atom stereocenters. The largest absolute Gasteiger partial charge is 0.457 e. The van der Waals surface area contributed by atoms with Gasteiger partial charge in [0, 0.05) is 36.9 Å². The fourth-order valence-electron chi connectivity index (χ4n) is 3.27. The molecule has 0 saturated carbocycles. The second-order valence-electron chi connectivity index (χ2n) is 7.07. The van der Waals surface area contributed by atoms with Crippen LogP contribution in [0.1, 0.15) is 25.0 Å². The number of nitrogens with one attached hydrogen (secondary N) is 1. The molecule has 11 heteroatoms. The number of aromatic nitrogens is 2. The van der Waals surface area contributed by atoms with Gasteiger partial charge in [-0.3, -0.25) is 20.2 Å². The lowest BCUT2D eigenvalue weighted by molar-refractivity contribution is -0.384. The summed E-state index contributed by atoms with van der Waals surface area (Å²) in [4.78, 5) is 25.0. The van der Waals surface area contributed by atoms with Gasteiger partial charge in [-0.2, -0.15) is 5.26 Å². The standard InChI is InChI=1S/C21H18N6O4S/c22-13-15(19(28)23-20-24-25-21(32-20)26-10-2-1-3-11-26)12-17-8-9-18(31-17)14-4-6-16(7-5-14)27(29)30/h4-9,12H,1-3,10-11H2,(H,23,24,28)/b15-12-. The Morgan fingerprint density at radius 2 is 1.94 bits per heavy atom. The minimum Gasteiger partial charge on any atom is -0.457 e. The number of carbonyl (C=O) groups excluding carboxylic acids is 1. The zero-order chi connectivity index (χ0) is 22.5. The van der Waals surface area contributed by atoms with Crippen molar-refractivity contribution in [3.8, 4) is 17.4 Å². The Bertz CT molecular complexity index is 1200. The molecule has 1 saturated heterocycles. The van der Waals surface area contributed by atoms with Crippen molar-refractivity contribution < 1.29 is 14.1 Å². The molecule has 4 rings (SSSR count). The maximum atomic E-state index is 12.5. The quantitative estimate of drug-likeness (QED) is 0.255. The van der Waals surface area contributed by atoms with Gasteiger partial charge in [0.2, 0.25) is 10.3 Å². The minimum absolute atomic E-state index is 0.0241. The highest BCUT2D eigenvalue weighted by Crippen LogP contribution is 2.28. The summed E-state index contributed by atoms with van der Waals surface area (Å²) in [5, 5.41) is 32.0. The van der Waals surface area contributed by atoms with Gasteiger partial charge in [-0.15, -0.1) is 10.2 Å². The molecule has 1 amide bonds. The first-order valence-electron chi connectivity index (χ1n) is 9.90. The molecule has 0 radical (unpaired) electrons. The number of nitrogens with zero attached hydrogens (tertiary/aromatic N) is 5. The summed E-state index contributed by atoms with van der Waals surface area (Å²) in [6.45, 7) is 1.84. The van der Waals surface area contributed by atoms with Crippen molar-refractivity contribution in [2.45, 2.75) is 19.3 Å². The van der Waals surface area contributed by atoms with Crippen molar-refractivity contribution in [3.05, 3.63) is 57.8 Å². The monoisotopic (exact) mass is 450 g/mol. The van der Waals surface area contributed by atoms with E-state index in [1.165, 1.54) is 36.0 Å². The maximum Gasteiger partial charge on any atom is 0.269 e. The predicted molar refractivity (Wildman–Crippen MR) is 119 cm³/mol. The Balaban J connectivity index is 1.45. The molecule has 1 aromatic carbocycles. The lowest BCUT2D eigenvalue weighted by atomic mass is 10.1. The first-order valence-corrected chi connectivity index (χ1v) is 10.7. The van der Waals surface area contributed by atoms with Crippen LogP contribution < -0.4 is 10.2 Å². The molecule has 0 unspecified atom stereocenters. The Hall–Kier alpha value is -4.04. The minimum atomic E-state index is -0.609. The van der Waals surface area contributed by atoms with Crippen LogP contribution in [0.4, 0.5) is 16.0 Å². The van der Waals surface area contributed by atoms with E-state index in [4.69, 9.17) is 4.42 Å². The number of benzene rings is 1. The molecule has 10 nitrogen and oxygen atoms in total. The molecular formula is C21H18N6O4S. The van der Waals surface area contributed by atoms with Crippen molar-refractivity contribution in [2.24, 2.45) is 0 Å². The van der Waals surface area contributed by atoms with Crippen LogP contribution in [0.3, 0.4) is 0 Å². The van der Waals surface area contributed by atoms with Gasteiger partial charge in [-0.05, 0) is 43.5 Å². The van der Waals surface area contributed by atoms with Crippen molar-refractivity contribution in [3.63, 3.8) is 0 Å². The molecule has 32 heavy (non-hydrogen) atoms. The fourth-order valence-corrected chi connectivity index (χ4v) is 4.06. The normalized spacial score (nSPS) is 14.1. The number of rotatable bonds is 6. The van der Waals surface area contributed by atoms with Crippen molar-refractivity contribution in [1.29, 1.82) is 5.26 Å². The van der Waals surface area contributed by atoms with E-state index in [0.717, 1.165) is 31.1 Å². The van der Waals surface area contributed by atoms with Crippen LogP contribution in [-0.2, 0) is 4.79 Å². The van der Waals surface area contributed by atoms with Crippen LogP contribution in [0, 0.1) is 21.4 Å². The van der Waals surface area contributed by atoms with E-state index in [1.54, 1.807) is 24.3 Å². The number of furan rings is 1. The Labute approximate surface area is 186 Å². The number of piperidine rings is 1. The summed E-state index contributed by atoms with van der Waals surface area (Å²) in [5.41, 5.74) is 0.464. The third-order valence-corrected chi connectivity index (χ3v) is 5.80. The third kappa shape index (κ3) is 4.81. The number of amides is 1. The van der Waals surface area contributed by atoms with E-state index in [1.807, 2.05) is 6.07 Å².